The summed E-state index contributed by atoms with van der Waals surface area (Å²) < 4.78 is 28.9. The Morgan fingerprint density at radius 2 is 1.93 bits per heavy atom. The van der Waals surface area contributed by atoms with Gasteiger partial charge in [0.1, 0.15) is 6.33 Å². The van der Waals surface area contributed by atoms with Gasteiger partial charge in [-0.25, -0.2) is 18.2 Å². The zero-order valence-electron chi connectivity index (χ0n) is 16.1. The Morgan fingerprint density at radius 3 is 2.60 bits per heavy atom. The summed E-state index contributed by atoms with van der Waals surface area (Å²) in [4.78, 5) is 3.79. The third kappa shape index (κ3) is 3.72. The molecule has 2 aromatic carbocycles. The fourth-order valence-corrected chi connectivity index (χ4v) is 4.35. The molecule has 4 N–H and O–H groups in total. The Balaban J connectivity index is 1.54. The maximum Gasteiger partial charge on any atom is 0.264 e. The van der Waals surface area contributed by atoms with Crippen LogP contribution in [0.5, 0.6) is 0 Å². The number of nitrogens with one attached hydrogen (secondary N) is 3. The summed E-state index contributed by atoms with van der Waals surface area (Å²) in [6.07, 6.45) is 0.182. The fourth-order valence-electron chi connectivity index (χ4n) is 3.17. The number of aryl methyl sites for hydroxylation is 2. The number of sulfonamides is 1. The number of aliphatic hydroxyl groups is 1. The van der Waals surface area contributed by atoms with Gasteiger partial charge in [-0.2, -0.15) is 10.1 Å². The fraction of sp³-hybridized carbons (Fsp3) is 0.158. The van der Waals surface area contributed by atoms with E-state index >= 15 is 0 Å². The minimum absolute atomic E-state index is 0.0253. The van der Waals surface area contributed by atoms with E-state index in [0.29, 0.717) is 16.4 Å². The molecule has 11 heteroatoms. The Morgan fingerprint density at radius 1 is 1.20 bits per heavy atom. The summed E-state index contributed by atoms with van der Waals surface area (Å²) in [6, 6.07) is 11.7. The van der Waals surface area contributed by atoms with Crippen molar-refractivity contribution in [2.24, 2.45) is 7.05 Å². The molecule has 0 saturated carbocycles. The van der Waals surface area contributed by atoms with E-state index in [0.717, 1.165) is 16.5 Å². The first-order chi connectivity index (χ1) is 14.3. The summed E-state index contributed by atoms with van der Waals surface area (Å²) >= 11 is 6.40. The highest BCUT2D eigenvalue weighted by Gasteiger charge is 2.18. The monoisotopic (exact) mass is 446 g/mol. The van der Waals surface area contributed by atoms with Gasteiger partial charge in [-0.3, -0.25) is 0 Å². The molecule has 1 atom stereocenters. The molecule has 4 aromatic rings. The van der Waals surface area contributed by atoms with E-state index < -0.39 is 16.3 Å². The lowest BCUT2D eigenvalue weighted by Crippen LogP contribution is -2.15. The molecule has 1 unspecified atom stereocenters. The predicted octanol–water partition coefficient (Wildman–Crippen LogP) is 3.16. The van der Waals surface area contributed by atoms with Crippen molar-refractivity contribution < 1.29 is 13.5 Å². The maximum atomic E-state index is 12.4. The first kappa shape index (κ1) is 20.2. The average Bonchev–Trinajstić information content (AvgIpc) is 3.33. The van der Waals surface area contributed by atoms with Crippen molar-refractivity contribution in [3.63, 3.8) is 0 Å². The van der Waals surface area contributed by atoms with E-state index in [1.165, 1.54) is 18.5 Å². The number of hydrogen-bond donors (Lipinski definition) is 4. The van der Waals surface area contributed by atoms with Crippen LogP contribution < -0.4 is 10.0 Å². The van der Waals surface area contributed by atoms with E-state index in [1.807, 2.05) is 36.7 Å². The molecule has 0 spiro atoms. The van der Waals surface area contributed by atoms with E-state index in [4.69, 9.17) is 11.6 Å². The van der Waals surface area contributed by atoms with Crippen LogP contribution in [0.4, 0.5) is 11.6 Å². The summed E-state index contributed by atoms with van der Waals surface area (Å²) in [5.41, 5.74) is 3.04. The molecule has 2 aromatic heterocycles. The molecule has 4 rings (SSSR count). The lowest BCUT2D eigenvalue weighted by molar-refractivity contribution is 0.200. The standard InChI is InChI=1S/C19H19ClN6O3S/c1-11-3-8-15-14(17(11)20)9-16(26(15)2)18(27)23-12-4-6-13(7-5-12)30(28,29)25-19-21-10-22-24-19/h3-10,18,23,27H,1-2H3,(H2,21,22,24,25). The molecule has 0 amide bonds. The summed E-state index contributed by atoms with van der Waals surface area (Å²) in [7, 11) is -1.96. The van der Waals surface area contributed by atoms with E-state index in [1.54, 1.807) is 12.1 Å². The quantitative estimate of drug-likeness (QED) is 0.337. The predicted molar refractivity (Wildman–Crippen MR) is 115 cm³/mol. The van der Waals surface area contributed by atoms with Crippen LogP contribution in [-0.2, 0) is 17.1 Å². The van der Waals surface area contributed by atoms with Crippen molar-refractivity contribution in [1.29, 1.82) is 0 Å². The summed E-state index contributed by atoms with van der Waals surface area (Å²) in [5, 5.41) is 21.2. The van der Waals surface area contributed by atoms with Crippen molar-refractivity contribution in [3.05, 3.63) is 65.1 Å². The lowest BCUT2D eigenvalue weighted by atomic mass is 10.2. The zero-order chi connectivity index (χ0) is 21.5. The molecule has 0 fully saturated rings. The molecule has 0 aliphatic rings. The number of fused-ring (bicyclic) bond motifs is 1. The summed E-state index contributed by atoms with van der Waals surface area (Å²) in [6.45, 7) is 1.93. The van der Waals surface area contributed by atoms with E-state index in [9.17, 15) is 13.5 Å². The second kappa shape index (κ2) is 7.63. The molecule has 0 aliphatic carbocycles. The SMILES string of the molecule is Cc1ccc2c(cc(C(O)Nc3ccc(S(=O)(=O)Nc4ncn[nH]4)cc3)n2C)c1Cl. The normalized spacial score (nSPS) is 12.8. The van der Waals surface area contributed by atoms with Crippen LogP contribution in [0.3, 0.4) is 0 Å². The van der Waals surface area contributed by atoms with Crippen molar-refractivity contribution in [1.82, 2.24) is 19.7 Å². The van der Waals surface area contributed by atoms with Gasteiger partial charge < -0.3 is 15.0 Å². The van der Waals surface area contributed by atoms with Crippen LogP contribution in [0.2, 0.25) is 5.02 Å². The van der Waals surface area contributed by atoms with Gasteiger partial charge in [-0.05, 0) is 48.9 Å². The minimum atomic E-state index is -3.81. The minimum Gasteiger partial charge on any atom is -0.368 e. The molecule has 0 radical (unpaired) electrons. The van der Waals surface area contributed by atoms with Crippen LogP contribution in [0.15, 0.2) is 53.7 Å². The van der Waals surface area contributed by atoms with E-state index in [2.05, 4.69) is 25.2 Å². The smallest absolute Gasteiger partial charge is 0.264 e. The van der Waals surface area contributed by atoms with Gasteiger partial charge in [-0.1, -0.05) is 17.7 Å². The first-order valence-electron chi connectivity index (χ1n) is 8.93. The Labute approximate surface area is 177 Å². The number of benzene rings is 2. The molecule has 0 bridgehead atoms. The van der Waals surface area contributed by atoms with E-state index in [-0.39, 0.29) is 10.8 Å². The van der Waals surface area contributed by atoms with Gasteiger partial charge in [0.05, 0.1) is 15.6 Å². The third-order valence-corrected chi connectivity index (χ3v) is 6.64. The number of hydrogen-bond acceptors (Lipinski definition) is 6. The van der Waals surface area contributed by atoms with Crippen LogP contribution >= 0.6 is 11.6 Å². The van der Waals surface area contributed by atoms with Gasteiger partial charge in [0.2, 0.25) is 5.95 Å². The number of halogens is 1. The summed E-state index contributed by atoms with van der Waals surface area (Å²) in [5.74, 6) is 0.0253. The number of aromatic amines is 1. The van der Waals surface area contributed by atoms with Crippen molar-refractivity contribution >= 4 is 44.2 Å². The van der Waals surface area contributed by atoms with Crippen molar-refractivity contribution in [2.45, 2.75) is 18.0 Å². The maximum absolute atomic E-state index is 12.4. The second-order valence-electron chi connectivity index (χ2n) is 6.77. The van der Waals surface area contributed by atoms with Crippen LogP contribution in [0.25, 0.3) is 10.9 Å². The lowest BCUT2D eigenvalue weighted by Gasteiger charge is -2.16. The highest BCUT2D eigenvalue weighted by Crippen LogP contribution is 2.31. The number of anilines is 2. The highest BCUT2D eigenvalue weighted by atomic mass is 35.5. The first-order valence-corrected chi connectivity index (χ1v) is 10.8. The Hall–Kier alpha value is -3.08. The molecule has 2 heterocycles. The molecular formula is C19H19ClN6O3S. The van der Waals surface area contributed by atoms with Gasteiger partial charge in [-0.15, -0.1) is 0 Å². The molecule has 0 aliphatic heterocycles. The number of aliphatic hydroxyl groups excluding tert-OH is 1. The van der Waals surface area contributed by atoms with Gasteiger partial charge in [0, 0.05) is 23.6 Å². The number of H-pyrrole nitrogens is 1. The second-order valence-corrected chi connectivity index (χ2v) is 8.83. The molecule has 156 valence electrons. The molecule has 0 saturated heterocycles. The van der Waals surface area contributed by atoms with Crippen LogP contribution in [0.1, 0.15) is 17.5 Å². The number of rotatable bonds is 6. The largest absolute Gasteiger partial charge is 0.368 e. The van der Waals surface area contributed by atoms with Gasteiger partial charge in [0.25, 0.3) is 10.0 Å². The Bertz CT molecular complexity index is 1300. The number of aromatic nitrogens is 4. The van der Waals surface area contributed by atoms with Crippen LogP contribution in [-0.4, -0.2) is 33.3 Å². The molecular weight excluding hydrogens is 428 g/mol. The van der Waals surface area contributed by atoms with Crippen molar-refractivity contribution in [2.75, 3.05) is 10.0 Å². The number of nitrogens with zero attached hydrogens (tertiary/aromatic N) is 3. The van der Waals surface area contributed by atoms with Gasteiger partial charge >= 0.3 is 0 Å². The molecule has 30 heavy (non-hydrogen) atoms. The Kier molecular flexibility index (Phi) is 5.14. The third-order valence-electron chi connectivity index (χ3n) is 4.78. The zero-order valence-corrected chi connectivity index (χ0v) is 17.7. The van der Waals surface area contributed by atoms with Gasteiger partial charge in [0.15, 0.2) is 6.23 Å². The van der Waals surface area contributed by atoms with Crippen molar-refractivity contribution in [3.8, 4) is 0 Å². The average molecular weight is 447 g/mol. The van der Waals surface area contributed by atoms with Crippen LogP contribution in [0, 0.1) is 6.92 Å². The highest BCUT2D eigenvalue weighted by molar-refractivity contribution is 7.92. The molecule has 9 nitrogen and oxygen atoms in total. The topological polar surface area (TPSA) is 125 Å².